The van der Waals surface area contributed by atoms with E-state index in [1.165, 1.54) is 12.8 Å². The van der Waals surface area contributed by atoms with Crippen molar-refractivity contribution in [3.63, 3.8) is 0 Å². The zero-order valence-electron chi connectivity index (χ0n) is 10.2. The zero-order chi connectivity index (χ0) is 12.3. The van der Waals surface area contributed by atoms with Crippen molar-refractivity contribution in [2.45, 2.75) is 25.8 Å². The maximum atomic E-state index is 5.28. The Balaban J connectivity index is 1.88. The molecule has 2 N–H and O–H groups in total. The summed E-state index contributed by atoms with van der Waals surface area (Å²) >= 11 is 5.28. The molecular formula is C13H18N2OS. The van der Waals surface area contributed by atoms with Crippen LogP contribution in [0.2, 0.25) is 0 Å². The minimum atomic E-state index is 0.459. The third-order valence-corrected chi connectivity index (χ3v) is 3.24. The van der Waals surface area contributed by atoms with E-state index < -0.39 is 0 Å². The van der Waals surface area contributed by atoms with Crippen LogP contribution in [0.3, 0.4) is 0 Å². The van der Waals surface area contributed by atoms with Gasteiger partial charge in [0.15, 0.2) is 5.11 Å². The van der Waals surface area contributed by atoms with Gasteiger partial charge in [0.1, 0.15) is 5.75 Å². The van der Waals surface area contributed by atoms with Gasteiger partial charge in [-0.15, -0.1) is 0 Å². The highest BCUT2D eigenvalue weighted by molar-refractivity contribution is 7.80. The van der Waals surface area contributed by atoms with E-state index in [1.54, 1.807) is 7.11 Å². The summed E-state index contributed by atoms with van der Waals surface area (Å²) < 4.78 is 5.16. The summed E-state index contributed by atoms with van der Waals surface area (Å²) in [5, 5.41) is 7.16. The normalized spacial score (nSPS) is 16.1. The van der Waals surface area contributed by atoms with Crippen LogP contribution in [0.5, 0.6) is 5.75 Å². The van der Waals surface area contributed by atoms with E-state index in [2.05, 4.69) is 17.6 Å². The Bertz CT molecular complexity index is 404. The molecule has 0 aliphatic heterocycles. The van der Waals surface area contributed by atoms with E-state index in [0.29, 0.717) is 11.2 Å². The summed E-state index contributed by atoms with van der Waals surface area (Å²) in [7, 11) is 1.66. The van der Waals surface area contributed by atoms with Gasteiger partial charge in [0.05, 0.1) is 7.11 Å². The summed E-state index contributed by atoms with van der Waals surface area (Å²) in [6.07, 6.45) is 2.63. The molecule has 0 heterocycles. The average Bonchev–Trinajstić information content (AvgIpc) is 3.12. The largest absolute Gasteiger partial charge is 0.497 e. The van der Waals surface area contributed by atoms with E-state index in [-0.39, 0.29) is 0 Å². The van der Waals surface area contributed by atoms with E-state index in [9.17, 15) is 0 Å². The molecule has 0 bridgehead atoms. The first kappa shape index (κ1) is 12.2. The number of anilines is 1. The van der Waals surface area contributed by atoms with Crippen molar-refractivity contribution in [1.82, 2.24) is 5.32 Å². The molecule has 0 aromatic heterocycles. The van der Waals surface area contributed by atoms with Crippen LogP contribution in [-0.2, 0) is 0 Å². The van der Waals surface area contributed by atoms with Crippen LogP contribution in [0.25, 0.3) is 0 Å². The lowest BCUT2D eigenvalue weighted by atomic mass is 10.2. The van der Waals surface area contributed by atoms with Crippen molar-refractivity contribution < 1.29 is 4.74 Å². The Morgan fingerprint density at radius 2 is 2.24 bits per heavy atom. The molecule has 1 fully saturated rings. The average molecular weight is 250 g/mol. The van der Waals surface area contributed by atoms with Crippen LogP contribution < -0.4 is 15.4 Å². The van der Waals surface area contributed by atoms with Crippen LogP contribution in [0.1, 0.15) is 19.8 Å². The first-order valence-electron chi connectivity index (χ1n) is 5.90. The maximum Gasteiger partial charge on any atom is 0.170 e. The molecule has 0 spiro atoms. The predicted octanol–water partition coefficient (Wildman–Crippen LogP) is 2.78. The fourth-order valence-electron chi connectivity index (χ4n) is 1.79. The second-order valence-electron chi connectivity index (χ2n) is 4.46. The number of ether oxygens (including phenoxy) is 1. The SMILES string of the molecule is COc1cccc(NC(=S)NC(C)C2CC2)c1. The molecule has 4 heteroatoms. The fourth-order valence-corrected chi connectivity index (χ4v) is 2.09. The van der Waals surface area contributed by atoms with Crippen molar-refractivity contribution in [3.8, 4) is 5.75 Å². The molecule has 17 heavy (non-hydrogen) atoms. The lowest BCUT2D eigenvalue weighted by molar-refractivity contribution is 0.415. The van der Waals surface area contributed by atoms with Gasteiger partial charge in [0.2, 0.25) is 0 Å². The molecule has 1 aliphatic rings. The van der Waals surface area contributed by atoms with Crippen molar-refractivity contribution in [2.24, 2.45) is 5.92 Å². The molecule has 0 saturated heterocycles. The third-order valence-electron chi connectivity index (χ3n) is 3.02. The van der Waals surface area contributed by atoms with E-state index in [0.717, 1.165) is 17.4 Å². The molecule has 1 atom stereocenters. The van der Waals surface area contributed by atoms with Gasteiger partial charge in [-0.1, -0.05) is 6.07 Å². The molecule has 0 amide bonds. The zero-order valence-corrected chi connectivity index (χ0v) is 11.0. The minimum absolute atomic E-state index is 0.459. The van der Waals surface area contributed by atoms with Crippen molar-refractivity contribution in [1.29, 1.82) is 0 Å². The molecule has 1 aliphatic carbocycles. The van der Waals surface area contributed by atoms with Gasteiger partial charge in [-0.05, 0) is 50.0 Å². The predicted molar refractivity (Wildman–Crippen MR) is 74.5 cm³/mol. The highest BCUT2D eigenvalue weighted by atomic mass is 32.1. The molecule has 1 aromatic rings. The molecule has 3 nitrogen and oxygen atoms in total. The third kappa shape index (κ3) is 3.60. The highest BCUT2D eigenvalue weighted by Crippen LogP contribution is 2.32. The van der Waals surface area contributed by atoms with Gasteiger partial charge >= 0.3 is 0 Å². The summed E-state index contributed by atoms with van der Waals surface area (Å²) in [5.41, 5.74) is 0.949. The number of nitrogens with one attached hydrogen (secondary N) is 2. The summed E-state index contributed by atoms with van der Waals surface area (Å²) in [6, 6.07) is 8.21. The lowest BCUT2D eigenvalue weighted by Gasteiger charge is -2.16. The van der Waals surface area contributed by atoms with Crippen LogP contribution in [-0.4, -0.2) is 18.3 Å². The van der Waals surface area contributed by atoms with Crippen LogP contribution in [0, 0.1) is 5.92 Å². The number of rotatable bonds is 4. The molecule has 1 unspecified atom stereocenters. The maximum absolute atomic E-state index is 5.28. The Morgan fingerprint density at radius 3 is 2.88 bits per heavy atom. The second-order valence-corrected chi connectivity index (χ2v) is 4.86. The van der Waals surface area contributed by atoms with Gasteiger partial charge in [0, 0.05) is 17.8 Å². The fraction of sp³-hybridized carbons (Fsp3) is 0.462. The molecule has 0 radical (unpaired) electrons. The van der Waals surface area contributed by atoms with E-state index in [4.69, 9.17) is 17.0 Å². The van der Waals surface area contributed by atoms with Crippen LogP contribution in [0.15, 0.2) is 24.3 Å². The number of hydrogen-bond acceptors (Lipinski definition) is 2. The smallest absolute Gasteiger partial charge is 0.170 e. The Kier molecular flexibility index (Phi) is 3.84. The molecular weight excluding hydrogens is 232 g/mol. The van der Waals surface area contributed by atoms with E-state index >= 15 is 0 Å². The lowest BCUT2D eigenvalue weighted by Crippen LogP contribution is -2.37. The quantitative estimate of drug-likeness (QED) is 0.805. The van der Waals surface area contributed by atoms with Crippen LogP contribution >= 0.6 is 12.2 Å². The van der Waals surface area contributed by atoms with Gasteiger partial charge in [-0.2, -0.15) is 0 Å². The standard InChI is InChI=1S/C13H18N2OS/c1-9(10-6-7-10)14-13(17)15-11-4-3-5-12(8-11)16-2/h3-5,8-10H,6-7H2,1-2H3,(H2,14,15,17). The van der Waals surface area contributed by atoms with Gasteiger partial charge in [-0.25, -0.2) is 0 Å². The van der Waals surface area contributed by atoms with Crippen molar-refractivity contribution in [3.05, 3.63) is 24.3 Å². The first-order chi connectivity index (χ1) is 8.19. The molecule has 1 aromatic carbocycles. The topological polar surface area (TPSA) is 33.3 Å². The Labute approximate surface area is 108 Å². The van der Waals surface area contributed by atoms with Gasteiger partial charge < -0.3 is 15.4 Å². The first-order valence-corrected chi connectivity index (χ1v) is 6.31. The van der Waals surface area contributed by atoms with Gasteiger partial charge in [0.25, 0.3) is 0 Å². The highest BCUT2D eigenvalue weighted by Gasteiger charge is 2.28. The second kappa shape index (κ2) is 5.36. The molecule has 1 saturated carbocycles. The minimum Gasteiger partial charge on any atom is -0.497 e. The number of methoxy groups -OCH3 is 1. The summed E-state index contributed by atoms with van der Waals surface area (Å²) in [5.74, 6) is 1.62. The monoisotopic (exact) mass is 250 g/mol. The number of thiocarbonyl (C=S) groups is 1. The summed E-state index contributed by atoms with van der Waals surface area (Å²) in [6.45, 7) is 2.18. The van der Waals surface area contributed by atoms with Crippen molar-refractivity contribution in [2.75, 3.05) is 12.4 Å². The Hall–Kier alpha value is -1.29. The molecule has 92 valence electrons. The number of hydrogen-bond donors (Lipinski definition) is 2. The molecule has 2 rings (SSSR count). The van der Waals surface area contributed by atoms with Crippen LogP contribution in [0.4, 0.5) is 5.69 Å². The van der Waals surface area contributed by atoms with Crippen molar-refractivity contribution >= 4 is 23.0 Å². The van der Waals surface area contributed by atoms with Gasteiger partial charge in [-0.3, -0.25) is 0 Å². The Morgan fingerprint density at radius 1 is 1.47 bits per heavy atom. The number of benzene rings is 1. The summed E-state index contributed by atoms with van der Waals surface area (Å²) in [4.78, 5) is 0. The van der Waals surface area contributed by atoms with E-state index in [1.807, 2.05) is 24.3 Å².